The molecule has 2 nitrogen and oxygen atoms in total. The highest BCUT2D eigenvalue weighted by Gasteiger charge is 2.44. The molecule has 2 rings (SSSR count). The number of carbonyl (C=O) groups is 1. The van der Waals surface area contributed by atoms with Gasteiger partial charge < -0.3 is 4.74 Å². The average molecular weight is 375 g/mol. The van der Waals surface area contributed by atoms with Crippen molar-refractivity contribution < 1.29 is 18.3 Å². The highest BCUT2D eigenvalue weighted by molar-refractivity contribution is 9.10. The lowest BCUT2D eigenvalue weighted by Gasteiger charge is -2.38. The Labute approximate surface area is 138 Å². The number of carbonyl (C=O) groups excluding carboxylic acids is 1. The molecule has 0 radical (unpaired) electrons. The maximum atomic E-state index is 12.9. The minimum absolute atomic E-state index is 0.275. The monoisotopic (exact) mass is 374 g/mol. The van der Waals surface area contributed by atoms with Crippen LogP contribution in [0.25, 0.3) is 0 Å². The van der Waals surface area contributed by atoms with Crippen LogP contribution in [0.5, 0.6) is 0 Å². The van der Waals surface area contributed by atoms with Crippen LogP contribution < -0.4 is 0 Å². The van der Waals surface area contributed by atoms with E-state index in [0.717, 1.165) is 15.6 Å². The molecule has 0 unspecified atom stereocenters. The third kappa shape index (κ3) is 3.67. The van der Waals surface area contributed by atoms with E-state index in [4.69, 9.17) is 4.74 Å². The number of hydrogen-bond acceptors (Lipinski definition) is 2. The molecule has 0 N–H and O–H groups in total. The van der Waals surface area contributed by atoms with Gasteiger partial charge in [0.15, 0.2) is 0 Å². The van der Waals surface area contributed by atoms with Crippen molar-refractivity contribution in [3.05, 3.63) is 33.8 Å². The lowest BCUT2D eigenvalue weighted by Crippen LogP contribution is -2.39. The summed E-state index contributed by atoms with van der Waals surface area (Å²) in [5, 5.41) is 0. The summed E-state index contributed by atoms with van der Waals surface area (Å²) in [7, 11) is 1.37. The zero-order valence-corrected chi connectivity index (χ0v) is 14.5. The molecule has 1 fully saturated rings. The normalized spacial score (nSPS) is 25.3. The van der Waals surface area contributed by atoms with Crippen LogP contribution in [0.4, 0.5) is 8.78 Å². The largest absolute Gasteiger partial charge is 0.469 e. The molecule has 0 atom stereocenters. The van der Waals surface area contributed by atoms with Gasteiger partial charge in [0.05, 0.1) is 12.5 Å². The minimum atomic E-state index is -2.30. The van der Waals surface area contributed by atoms with Gasteiger partial charge in [-0.1, -0.05) is 22.0 Å². The Morgan fingerprint density at radius 2 is 2.05 bits per heavy atom. The summed E-state index contributed by atoms with van der Waals surface area (Å²) in [6.45, 7) is 2.00. The van der Waals surface area contributed by atoms with Crippen LogP contribution in [0.2, 0.25) is 0 Å². The molecule has 0 saturated heterocycles. The molecule has 1 aromatic rings. The topological polar surface area (TPSA) is 26.3 Å². The smallest absolute Gasteiger partial charge is 0.312 e. The molecule has 122 valence electrons. The summed E-state index contributed by atoms with van der Waals surface area (Å²) >= 11 is 3.43. The van der Waals surface area contributed by atoms with Crippen LogP contribution in [0.1, 0.15) is 36.8 Å². The second-order valence-electron chi connectivity index (χ2n) is 6.19. The van der Waals surface area contributed by atoms with E-state index in [9.17, 15) is 13.6 Å². The molecule has 0 spiro atoms. The summed E-state index contributed by atoms with van der Waals surface area (Å²) in [5.41, 5.74) is 1.50. The maximum absolute atomic E-state index is 12.9. The van der Waals surface area contributed by atoms with Gasteiger partial charge in [0.1, 0.15) is 0 Å². The number of esters is 1. The van der Waals surface area contributed by atoms with Crippen LogP contribution in [0.15, 0.2) is 22.7 Å². The number of alkyl halides is 2. The standard InChI is InChI=1S/C17H21BrF2O2/c1-11-9-14(18)4-3-13(11)10-17(16(21)22-2)7-5-12(6-8-17)15(19)20/h3-4,9,12,15H,5-8,10H2,1-2H3. The van der Waals surface area contributed by atoms with Gasteiger partial charge in [-0.05, 0) is 62.3 Å². The van der Waals surface area contributed by atoms with Gasteiger partial charge in [-0.25, -0.2) is 8.78 Å². The zero-order valence-electron chi connectivity index (χ0n) is 12.9. The fraction of sp³-hybridized carbons (Fsp3) is 0.588. The lowest BCUT2D eigenvalue weighted by atomic mass is 9.67. The first-order valence-electron chi connectivity index (χ1n) is 7.49. The van der Waals surface area contributed by atoms with Crippen LogP contribution in [-0.2, 0) is 16.0 Å². The van der Waals surface area contributed by atoms with Crippen molar-refractivity contribution in [1.29, 1.82) is 0 Å². The van der Waals surface area contributed by atoms with Crippen molar-refractivity contribution in [2.45, 2.75) is 45.5 Å². The predicted octanol–water partition coefficient (Wildman–Crippen LogP) is 4.91. The van der Waals surface area contributed by atoms with Gasteiger partial charge in [0.25, 0.3) is 0 Å². The second kappa shape index (κ2) is 7.07. The van der Waals surface area contributed by atoms with Crippen molar-refractivity contribution in [2.75, 3.05) is 7.11 Å². The maximum Gasteiger partial charge on any atom is 0.312 e. The summed E-state index contributed by atoms with van der Waals surface area (Å²) < 4.78 is 31.7. The number of rotatable bonds is 4. The van der Waals surface area contributed by atoms with Crippen molar-refractivity contribution in [3.63, 3.8) is 0 Å². The first-order valence-corrected chi connectivity index (χ1v) is 8.29. The molecular weight excluding hydrogens is 354 g/mol. The minimum Gasteiger partial charge on any atom is -0.469 e. The Morgan fingerprint density at radius 1 is 1.41 bits per heavy atom. The Balaban J connectivity index is 2.22. The van der Waals surface area contributed by atoms with Crippen molar-refractivity contribution in [2.24, 2.45) is 11.3 Å². The number of halogens is 3. The molecule has 0 heterocycles. The van der Waals surface area contributed by atoms with E-state index in [1.54, 1.807) is 0 Å². The van der Waals surface area contributed by atoms with Gasteiger partial charge in [0, 0.05) is 10.4 Å². The molecule has 22 heavy (non-hydrogen) atoms. The van der Waals surface area contributed by atoms with E-state index in [1.807, 2.05) is 25.1 Å². The number of benzene rings is 1. The Bertz CT molecular complexity index is 537. The molecule has 0 bridgehead atoms. The summed E-state index contributed by atoms with van der Waals surface area (Å²) in [6, 6.07) is 5.94. The van der Waals surface area contributed by atoms with E-state index in [0.29, 0.717) is 32.1 Å². The van der Waals surface area contributed by atoms with E-state index < -0.39 is 17.8 Å². The van der Waals surface area contributed by atoms with Gasteiger partial charge in [-0.3, -0.25) is 4.79 Å². The van der Waals surface area contributed by atoms with E-state index in [-0.39, 0.29) is 5.97 Å². The van der Waals surface area contributed by atoms with E-state index in [1.165, 1.54) is 7.11 Å². The molecule has 1 aliphatic carbocycles. The molecule has 0 aliphatic heterocycles. The summed E-state index contributed by atoms with van der Waals surface area (Å²) in [6.07, 6.45) is -0.0709. The highest BCUT2D eigenvalue weighted by Crippen LogP contribution is 2.44. The van der Waals surface area contributed by atoms with E-state index in [2.05, 4.69) is 15.9 Å². The third-order valence-electron chi connectivity index (χ3n) is 4.80. The number of methoxy groups -OCH3 is 1. The third-order valence-corrected chi connectivity index (χ3v) is 5.29. The molecule has 1 aromatic carbocycles. The van der Waals surface area contributed by atoms with Crippen LogP contribution in [-0.4, -0.2) is 19.5 Å². The second-order valence-corrected chi connectivity index (χ2v) is 7.11. The van der Waals surface area contributed by atoms with Gasteiger partial charge in [0.2, 0.25) is 6.43 Å². The number of aryl methyl sites for hydroxylation is 1. The molecule has 5 heteroatoms. The molecule has 1 saturated carbocycles. The first kappa shape index (κ1) is 17.4. The highest BCUT2D eigenvalue weighted by atomic mass is 79.9. The zero-order chi connectivity index (χ0) is 16.3. The Hall–Kier alpha value is -0.970. The molecule has 0 aromatic heterocycles. The quantitative estimate of drug-likeness (QED) is 0.699. The molecular formula is C17H21BrF2O2. The van der Waals surface area contributed by atoms with Crippen LogP contribution >= 0.6 is 15.9 Å². The van der Waals surface area contributed by atoms with Crippen molar-refractivity contribution in [3.8, 4) is 0 Å². The Morgan fingerprint density at radius 3 is 2.55 bits per heavy atom. The van der Waals surface area contributed by atoms with Crippen molar-refractivity contribution in [1.82, 2.24) is 0 Å². The van der Waals surface area contributed by atoms with Gasteiger partial charge >= 0.3 is 5.97 Å². The first-order chi connectivity index (χ1) is 10.4. The SMILES string of the molecule is COC(=O)C1(Cc2ccc(Br)cc2C)CCC(C(F)F)CC1. The molecule has 0 amide bonds. The Kier molecular flexibility index (Phi) is 5.59. The van der Waals surface area contributed by atoms with Crippen LogP contribution in [0.3, 0.4) is 0 Å². The predicted molar refractivity (Wildman–Crippen MR) is 85.0 cm³/mol. The summed E-state index contributed by atoms with van der Waals surface area (Å²) in [4.78, 5) is 12.3. The lowest BCUT2D eigenvalue weighted by molar-refractivity contribution is -0.156. The average Bonchev–Trinajstić information content (AvgIpc) is 2.49. The fourth-order valence-corrected chi connectivity index (χ4v) is 3.81. The number of hydrogen-bond donors (Lipinski definition) is 0. The fourth-order valence-electron chi connectivity index (χ4n) is 3.34. The molecule has 1 aliphatic rings. The van der Waals surface area contributed by atoms with Crippen LogP contribution in [0, 0.1) is 18.3 Å². The summed E-state index contributed by atoms with van der Waals surface area (Å²) in [5.74, 6) is -0.869. The van der Waals surface area contributed by atoms with E-state index >= 15 is 0 Å². The van der Waals surface area contributed by atoms with Gasteiger partial charge in [-0.2, -0.15) is 0 Å². The van der Waals surface area contributed by atoms with Crippen molar-refractivity contribution >= 4 is 21.9 Å². The van der Waals surface area contributed by atoms with Gasteiger partial charge in [-0.15, -0.1) is 0 Å². The number of ether oxygens (including phenoxy) is 1.